The Labute approximate surface area is 130 Å². The summed E-state index contributed by atoms with van der Waals surface area (Å²) in [5, 5.41) is 3.85. The van der Waals surface area contributed by atoms with Crippen molar-refractivity contribution in [1.29, 1.82) is 0 Å². The van der Waals surface area contributed by atoms with Crippen molar-refractivity contribution in [2.75, 3.05) is 13.7 Å². The first-order valence-corrected chi connectivity index (χ1v) is 7.61. The summed E-state index contributed by atoms with van der Waals surface area (Å²) in [6.45, 7) is 4.56. The van der Waals surface area contributed by atoms with Crippen molar-refractivity contribution in [3.8, 4) is 5.75 Å². The lowest BCUT2D eigenvalue weighted by Gasteiger charge is -2.26. The molecule has 1 heterocycles. The highest BCUT2D eigenvalue weighted by molar-refractivity contribution is 5.88. The molecule has 1 amide bonds. The Balaban J connectivity index is 2.03. The number of benzene rings is 1. The normalized spacial score (nSPS) is 11.6. The van der Waals surface area contributed by atoms with Crippen LogP contribution in [0.15, 0.2) is 28.9 Å². The molecule has 0 fully saturated rings. The number of hydrogen-bond acceptors (Lipinski definition) is 4. The molecule has 0 aliphatic rings. The molecule has 0 saturated carbocycles. The van der Waals surface area contributed by atoms with Gasteiger partial charge in [-0.25, -0.2) is 0 Å². The van der Waals surface area contributed by atoms with E-state index in [1.165, 1.54) is 0 Å². The SMILES string of the molecule is CCC(N)(CC)CNC(=O)Cc1coc2cc(OC)ccc12. The van der Waals surface area contributed by atoms with Gasteiger partial charge in [-0.1, -0.05) is 13.8 Å². The number of rotatable bonds is 7. The van der Waals surface area contributed by atoms with Gasteiger partial charge in [0.1, 0.15) is 11.3 Å². The molecule has 22 heavy (non-hydrogen) atoms. The highest BCUT2D eigenvalue weighted by Gasteiger charge is 2.21. The molecule has 1 aromatic heterocycles. The highest BCUT2D eigenvalue weighted by Crippen LogP contribution is 2.25. The molecule has 0 saturated heterocycles. The van der Waals surface area contributed by atoms with E-state index in [2.05, 4.69) is 5.32 Å². The molecule has 1 aromatic carbocycles. The van der Waals surface area contributed by atoms with E-state index in [1.807, 2.05) is 32.0 Å². The molecule has 0 atom stereocenters. The van der Waals surface area contributed by atoms with Crippen LogP contribution in [0.4, 0.5) is 0 Å². The number of furan rings is 1. The quantitative estimate of drug-likeness (QED) is 0.824. The summed E-state index contributed by atoms with van der Waals surface area (Å²) in [6.07, 6.45) is 3.57. The summed E-state index contributed by atoms with van der Waals surface area (Å²) < 4.78 is 10.7. The predicted octanol–water partition coefficient (Wildman–Crippen LogP) is 2.62. The van der Waals surface area contributed by atoms with Gasteiger partial charge in [-0.2, -0.15) is 0 Å². The lowest BCUT2D eigenvalue weighted by Crippen LogP contribution is -2.49. The molecule has 2 rings (SSSR count). The van der Waals surface area contributed by atoms with Gasteiger partial charge in [-0.05, 0) is 25.0 Å². The third-order valence-corrected chi connectivity index (χ3v) is 4.26. The molecular formula is C17H24N2O3. The Morgan fingerprint density at radius 1 is 1.36 bits per heavy atom. The second-order valence-corrected chi connectivity index (χ2v) is 5.65. The van der Waals surface area contributed by atoms with Gasteiger partial charge < -0.3 is 20.2 Å². The fourth-order valence-corrected chi connectivity index (χ4v) is 2.34. The van der Waals surface area contributed by atoms with Crippen LogP contribution in [0, 0.1) is 0 Å². The van der Waals surface area contributed by atoms with Gasteiger partial charge >= 0.3 is 0 Å². The molecule has 2 aromatic rings. The number of nitrogens with one attached hydrogen (secondary N) is 1. The molecule has 0 aliphatic carbocycles. The Bertz CT molecular complexity index is 644. The molecule has 5 nitrogen and oxygen atoms in total. The number of nitrogens with two attached hydrogens (primary N) is 1. The zero-order valence-corrected chi connectivity index (χ0v) is 13.4. The van der Waals surface area contributed by atoms with Crippen LogP contribution in [0.5, 0.6) is 5.75 Å². The molecule has 0 unspecified atom stereocenters. The number of carbonyl (C=O) groups excluding carboxylic acids is 1. The van der Waals surface area contributed by atoms with E-state index in [0.717, 1.165) is 35.1 Å². The highest BCUT2D eigenvalue weighted by atomic mass is 16.5. The zero-order valence-electron chi connectivity index (χ0n) is 13.4. The summed E-state index contributed by atoms with van der Waals surface area (Å²) in [5.74, 6) is 0.687. The van der Waals surface area contributed by atoms with Crippen LogP contribution in [0.2, 0.25) is 0 Å². The molecule has 0 bridgehead atoms. The first-order chi connectivity index (χ1) is 10.5. The first-order valence-electron chi connectivity index (χ1n) is 7.61. The van der Waals surface area contributed by atoms with Gasteiger partial charge in [0.25, 0.3) is 0 Å². The molecule has 0 spiro atoms. The summed E-state index contributed by atoms with van der Waals surface area (Å²) in [6, 6.07) is 5.58. The third kappa shape index (κ3) is 3.60. The lowest BCUT2D eigenvalue weighted by molar-refractivity contribution is -0.120. The van der Waals surface area contributed by atoms with Gasteiger partial charge in [0, 0.05) is 29.1 Å². The number of amides is 1. The van der Waals surface area contributed by atoms with Gasteiger partial charge in [0.2, 0.25) is 5.91 Å². The van der Waals surface area contributed by atoms with Crippen molar-refractivity contribution >= 4 is 16.9 Å². The minimum atomic E-state index is -0.332. The fraction of sp³-hybridized carbons (Fsp3) is 0.471. The molecule has 120 valence electrons. The Morgan fingerprint density at radius 3 is 2.73 bits per heavy atom. The van der Waals surface area contributed by atoms with Crippen molar-refractivity contribution in [1.82, 2.24) is 5.32 Å². The van der Waals surface area contributed by atoms with Gasteiger partial charge in [-0.3, -0.25) is 4.79 Å². The Hall–Kier alpha value is -2.01. The topological polar surface area (TPSA) is 77.5 Å². The summed E-state index contributed by atoms with van der Waals surface area (Å²) in [5.41, 5.74) is 7.45. The maximum atomic E-state index is 12.1. The maximum absolute atomic E-state index is 12.1. The fourth-order valence-electron chi connectivity index (χ4n) is 2.34. The number of methoxy groups -OCH3 is 1. The molecule has 5 heteroatoms. The van der Waals surface area contributed by atoms with Crippen LogP contribution >= 0.6 is 0 Å². The van der Waals surface area contributed by atoms with Crippen molar-refractivity contribution in [3.63, 3.8) is 0 Å². The van der Waals surface area contributed by atoms with Crippen LogP contribution in [0.3, 0.4) is 0 Å². The summed E-state index contributed by atoms with van der Waals surface area (Å²) in [7, 11) is 1.61. The van der Waals surface area contributed by atoms with Crippen LogP contribution in [-0.4, -0.2) is 25.1 Å². The average molecular weight is 304 g/mol. The number of ether oxygens (including phenoxy) is 1. The van der Waals surface area contributed by atoms with Crippen molar-refractivity contribution < 1.29 is 13.9 Å². The van der Waals surface area contributed by atoms with Crippen LogP contribution in [0.1, 0.15) is 32.3 Å². The van der Waals surface area contributed by atoms with Gasteiger partial charge in [-0.15, -0.1) is 0 Å². The van der Waals surface area contributed by atoms with Crippen molar-refractivity contribution in [3.05, 3.63) is 30.0 Å². The monoisotopic (exact) mass is 304 g/mol. The van der Waals surface area contributed by atoms with Crippen molar-refractivity contribution in [2.24, 2.45) is 5.73 Å². The van der Waals surface area contributed by atoms with E-state index in [-0.39, 0.29) is 17.9 Å². The Morgan fingerprint density at radius 2 is 2.09 bits per heavy atom. The van der Waals surface area contributed by atoms with Crippen LogP contribution < -0.4 is 15.8 Å². The standard InChI is InChI=1S/C17H24N2O3/c1-4-17(18,5-2)11-19-16(20)8-12-10-22-15-9-13(21-3)6-7-14(12)15/h6-7,9-10H,4-5,8,11,18H2,1-3H3,(H,19,20). The molecule has 3 N–H and O–H groups in total. The van der Waals surface area contributed by atoms with E-state index < -0.39 is 0 Å². The van der Waals surface area contributed by atoms with Crippen LogP contribution in [-0.2, 0) is 11.2 Å². The average Bonchev–Trinajstić information content (AvgIpc) is 2.94. The number of carbonyl (C=O) groups is 1. The Kier molecular flexibility index (Phi) is 5.08. The smallest absolute Gasteiger partial charge is 0.224 e. The number of fused-ring (bicyclic) bond motifs is 1. The second kappa shape index (κ2) is 6.83. The number of hydrogen-bond donors (Lipinski definition) is 2. The molecule has 0 aliphatic heterocycles. The van der Waals surface area contributed by atoms with E-state index in [0.29, 0.717) is 6.54 Å². The third-order valence-electron chi connectivity index (χ3n) is 4.26. The second-order valence-electron chi connectivity index (χ2n) is 5.65. The van der Waals surface area contributed by atoms with E-state index >= 15 is 0 Å². The van der Waals surface area contributed by atoms with E-state index in [4.69, 9.17) is 14.9 Å². The minimum Gasteiger partial charge on any atom is -0.497 e. The summed E-state index contributed by atoms with van der Waals surface area (Å²) in [4.78, 5) is 12.1. The maximum Gasteiger partial charge on any atom is 0.224 e. The largest absolute Gasteiger partial charge is 0.497 e. The molecule has 0 radical (unpaired) electrons. The zero-order chi connectivity index (χ0) is 16.2. The minimum absolute atomic E-state index is 0.0461. The summed E-state index contributed by atoms with van der Waals surface area (Å²) >= 11 is 0. The van der Waals surface area contributed by atoms with Gasteiger partial charge in [0.15, 0.2) is 0 Å². The van der Waals surface area contributed by atoms with Crippen molar-refractivity contribution in [2.45, 2.75) is 38.6 Å². The van der Waals surface area contributed by atoms with Crippen LogP contribution in [0.25, 0.3) is 11.0 Å². The van der Waals surface area contributed by atoms with Gasteiger partial charge in [0.05, 0.1) is 19.8 Å². The molecular weight excluding hydrogens is 280 g/mol. The van der Waals surface area contributed by atoms with E-state index in [9.17, 15) is 4.79 Å². The predicted molar refractivity (Wildman–Crippen MR) is 87.0 cm³/mol. The lowest BCUT2D eigenvalue weighted by atomic mass is 9.94. The van der Waals surface area contributed by atoms with E-state index in [1.54, 1.807) is 13.4 Å². The first kappa shape index (κ1) is 16.4.